The number of hydrogen-bond acceptors (Lipinski definition) is 6. The molecule has 5 rings (SSSR count). The molecule has 7 heteroatoms. The van der Waals surface area contributed by atoms with E-state index in [0.717, 1.165) is 57.9 Å². The lowest BCUT2D eigenvalue weighted by Gasteiger charge is -2.33. The molecule has 0 radical (unpaired) electrons. The maximum Gasteiger partial charge on any atom is 0.257 e. The number of nitrogens with zero attached hydrogens (tertiary/aromatic N) is 3. The van der Waals surface area contributed by atoms with Crippen LogP contribution in [0.25, 0.3) is 0 Å². The number of amides is 1. The number of hydrogen-bond donors (Lipinski definition) is 1. The fraction of sp³-hybridized carbons (Fsp3) is 0.536. The molecule has 0 spiro atoms. The fourth-order valence-corrected chi connectivity index (χ4v) is 5.44. The van der Waals surface area contributed by atoms with E-state index in [2.05, 4.69) is 34.1 Å². The quantitative estimate of drug-likeness (QED) is 0.687. The van der Waals surface area contributed by atoms with E-state index >= 15 is 0 Å². The van der Waals surface area contributed by atoms with Crippen molar-refractivity contribution in [2.75, 3.05) is 52.5 Å². The Labute approximate surface area is 208 Å². The van der Waals surface area contributed by atoms with Gasteiger partial charge in [-0.05, 0) is 49.1 Å². The summed E-state index contributed by atoms with van der Waals surface area (Å²) in [5, 5.41) is 11.0. The molecule has 35 heavy (non-hydrogen) atoms. The van der Waals surface area contributed by atoms with Gasteiger partial charge in [-0.15, -0.1) is 0 Å². The minimum absolute atomic E-state index is 0.0773. The Morgan fingerprint density at radius 3 is 2.57 bits per heavy atom. The summed E-state index contributed by atoms with van der Waals surface area (Å²) in [6, 6.07) is 14.4. The lowest BCUT2D eigenvalue weighted by molar-refractivity contribution is 0.0286. The predicted molar refractivity (Wildman–Crippen MR) is 135 cm³/mol. The molecule has 0 bridgehead atoms. The van der Waals surface area contributed by atoms with Gasteiger partial charge in [0.05, 0.1) is 31.4 Å². The van der Waals surface area contributed by atoms with Gasteiger partial charge in [-0.2, -0.15) is 0 Å². The molecule has 3 heterocycles. The molecule has 0 saturated carbocycles. The van der Waals surface area contributed by atoms with E-state index in [1.807, 2.05) is 32.0 Å². The maximum absolute atomic E-state index is 13.5. The average molecular weight is 480 g/mol. The number of aliphatic hydroxyl groups excluding tert-OH is 1. The topological polar surface area (TPSA) is 65.5 Å². The van der Waals surface area contributed by atoms with Crippen molar-refractivity contribution in [1.82, 2.24) is 14.7 Å². The van der Waals surface area contributed by atoms with E-state index in [-0.39, 0.29) is 5.91 Å². The highest BCUT2D eigenvalue weighted by Crippen LogP contribution is 2.31. The molecule has 0 aliphatic carbocycles. The van der Waals surface area contributed by atoms with Gasteiger partial charge in [0.2, 0.25) is 0 Å². The van der Waals surface area contributed by atoms with Gasteiger partial charge in [0.25, 0.3) is 5.91 Å². The Bertz CT molecular complexity index is 1050. The molecule has 7 nitrogen and oxygen atoms in total. The van der Waals surface area contributed by atoms with Gasteiger partial charge in [-0.25, -0.2) is 0 Å². The first-order valence-corrected chi connectivity index (χ1v) is 12.7. The van der Waals surface area contributed by atoms with Crippen LogP contribution in [0.1, 0.15) is 40.9 Å². The maximum atomic E-state index is 13.5. The third-order valence-electron chi connectivity index (χ3n) is 7.14. The number of aliphatic hydroxyl groups is 1. The number of fused-ring (bicyclic) bond motifs is 2. The standard InChI is InChI=1S/C28H37N3O4/c1-28(2)20-31(19-24(32)18-30-10-9-22-5-3-4-6-23(22)17-30)27(33)25-8-7-21(15-26(25)35-28)16-29-11-13-34-14-12-29/h3-8,15,24,32H,9-14,16-20H2,1-2H3. The van der Waals surface area contributed by atoms with Crippen molar-refractivity contribution in [2.24, 2.45) is 0 Å². The molecule has 1 saturated heterocycles. The smallest absolute Gasteiger partial charge is 0.257 e. The summed E-state index contributed by atoms with van der Waals surface area (Å²) < 4.78 is 11.8. The molecule has 188 valence electrons. The first-order chi connectivity index (χ1) is 16.9. The molecule has 3 aliphatic heterocycles. The highest BCUT2D eigenvalue weighted by Gasteiger charge is 2.35. The number of morpholine rings is 1. The molecule has 1 unspecified atom stereocenters. The molecule has 0 aromatic heterocycles. The van der Waals surface area contributed by atoms with Crippen molar-refractivity contribution in [1.29, 1.82) is 0 Å². The minimum atomic E-state index is -0.623. The van der Waals surface area contributed by atoms with E-state index < -0.39 is 11.7 Å². The average Bonchev–Trinajstić information content (AvgIpc) is 2.92. The van der Waals surface area contributed by atoms with Gasteiger partial charge in [-0.3, -0.25) is 14.6 Å². The van der Waals surface area contributed by atoms with E-state index in [9.17, 15) is 9.90 Å². The summed E-state index contributed by atoms with van der Waals surface area (Å²) in [6.45, 7) is 11.2. The van der Waals surface area contributed by atoms with E-state index in [4.69, 9.17) is 9.47 Å². The first-order valence-electron chi connectivity index (χ1n) is 12.7. The van der Waals surface area contributed by atoms with Crippen LogP contribution >= 0.6 is 0 Å². The van der Waals surface area contributed by atoms with Crippen LogP contribution in [-0.2, 0) is 24.2 Å². The second-order valence-corrected chi connectivity index (χ2v) is 10.7. The highest BCUT2D eigenvalue weighted by molar-refractivity contribution is 5.97. The van der Waals surface area contributed by atoms with Gasteiger partial charge >= 0.3 is 0 Å². The number of benzene rings is 2. The predicted octanol–water partition coefficient (Wildman–Crippen LogP) is 2.55. The summed E-state index contributed by atoms with van der Waals surface area (Å²) in [5.74, 6) is 0.557. The van der Waals surface area contributed by atoms with Crippen LogP contribution in [0, 0.1) is 0 Å². The van der Waals surface area contributed by atoms with Crippen LogP contribution in [-0.4, -0.2) is 89.9 Å². The number of carbonyl (C=O) groups is 1. The monoisotopic (exact) mass is 479 g/mol. The van der Waals surface area contributed by atoms with Gasteiger partial charge in [0, 0.05) is 45.8 Å². The van der Waals surface area contributed by atoms with Crippen LogP contribution in [0.3, 0.4) is 0 Å². The van der Waals surface area contributed by atoms with Crippen molar-refractivity contribution in [2.45, 2.75) is 45.1 Å². The molecule has 3 aliphatic rings. The third-order valence-corrected chi connectivity index (χ3v) is 7.14. The lowest BCUT2D eigenvalue weighted by atomic mass is 9.99. The number of carbonyl (C=O) groups excluding carboxylic acids is 1. The van der Waals surface area contributed by atoms with Crippen molar-refractivity contribution < 1.29 is 19.4 Å². The normalized spacial score (nSPS) is 21.6. The van der Waals surface area contributed by atoms with Crippen LogP contribution in [0.15, 0.2) is 42.5 Å². The van der Waals surface area contributed by atoms with Gasteiger partial charge < -0.3 is 19.5 Å². The molecular formula is C28H37N3O4. The van der Waals surface area contributed by atoms with Crippen molar-refractivity contribution >= 4 is 5.91 Å². The highest BCUT2D eigenvalue weighted by atomic mass is 16.5. The minimum Gasteiger partial charge on any atom is -0.485 e. The molecule has 1 amide bonds. The summed E-state index contributed by atoms with van der Waals surface area (Å²) in [7, 11) is 0. The molecule has 2 aromatic rings. The van der Waals surface area contributed by atoms with Crippen molar-refractivity contribution in [3.8, 4) is 5.75 Å². The van der Waals surface area contributed by atoms with E-state index in [1.54, 1.807) is 4.90 Å². The van der Waals surface area contributed by atoms with Crippen LogP contribution in [0.5, 0.6) is 5.75 Å². The van der Waals surface area contributed by atoms with Crippen LogP contribution in [0.4, 0.5) is 0 Å². The Balaban J connectivity index is 1.26. The largest absolute Gasteiger partial charge is 0.485 e. The second-order valence-electron chi connectivity index (χ2n) is 10.7. The van der Waals surface area contributed by atoms with Crippen LogP contribution < -0.4 is 4.74 Å². The van der Waals surface area contributed by atoms with Gasteiger partial charge in [-0.1, -0.05) is 30.3 Å². The molecular weight excluding hydrogens is 442 g/mol. The molecule has 1 fully saturated rings. The Morgan fingerprint density at radius 2 is 1.77 bits per heavy atom. The van der Waals surface area contributed by atoms with Gasteiger partial charge in [0.15, 0.2) is 0 Å². The summed E-state index contributed by atoms with van der Waals surface area (Å²) >= 11 is 0. The Kier molecular flexibility index (Phi) is 7.12. The Morgan fingerprint density at radius 1 is 1.00 bits per heavy atom. The fourth-order valence-electron chi connectivity index (χ4n) is 5.44. The second kappa shape index (κ2) is 10.3. The SMILES string of the molecule is CC1(C)CN(CC(O)CN2CCc3ccccc3C2)C(=O)c2ccc(CN3CCOCC3)cc2O1. The third kappa shape index (κ3) is 5.86. The van der Waals surface area contributed by atoms with Gasteiger partial charge in [0.1, 0.15) is 11.4 Å². The zero-order chi connectivity index (χ0) is 24.4. The zero-order valence-electron chi connectivity index (χ0n) is 20.9. The van der Waals surface area contributed by atoms with Crippen molar-refractivity contribution in [3.63, 3.8) is 0 Å². The summed E-state index contributed by atoms with van der Waals surface area (Å²) in [4.78, 5) is 19.9. The number of rotatable bonds is 6. The number of ether oxygens (including phenoxy) is 2. The molecule has 1 N–H and O–H groups in total. The van der Waals surface area contributed by atoms with E-state index in [1.165, 1.54) is 11.1 Å². The first kappa shape index (κ1) is 24.3. The number of β-amino-alcohol motifs (C(OH)–C–C–N with tert-alkyl or cyclic N) is 1. The lowest BCUT2D eigenvalue weighted by Crippen LogP contribution is -2.48. The molecule has 2 aromatic carbocycles. The van der Waals surface area contributed by atoms with E-state index in [0.29, 0.717) is 30.9 Å². The zero-order valence-corrected chi connectivity index (χ0v) is 20.9. The van der Waals surface area contributed by atoms with Crippen LogP contribution in [0.2, 0.25) is 0 Å². The summed E-state index contributed by atoms with van der Waals surface area (Å²) in [5.41, 5.74) is 3.87. The van der Waals surface area contributed by atoms with Crippen molar-refractivity contribution in [3.05, 3.63) is 64.7 Å². The Hall–Kier alpha value is -2.45. The summed E-state index contributed by atoms with van der Waals surface area (Å²) in [6.07, 6.45) is 0.370. The molecule has 1 atom stereocenters.